The van der Waals surface area contributed by atoms with Gasteiger partial charge in [-0.15, -0.1) is 0 Å². The summed E-state index contributed by atoms with van der Waals surface area (Å²) in [4.78, 5) is 2.12. The van der Waals surface area contributed by atoms with Gasteiger partial charge in [0, 0.05) is 19.3 Å². The molecule has 0 aromatic heterocycles. The summed E-state index contributed by atoms with van der Waals surface area (Å²) in [6, 6.07) is 10.2. The molecule has 0 heterocycles. The molecule has 0 aliphatic carbocycles. The van der Waals surface area contributed by atoms with Crippen LogP contribution in [0.1, 0.15) is 13.8 Å². The van der Waals surface area contributed by atoms with E-state index in [0.717, 1.165) is 17.3 Å². The summed E-state index contributed by atoms with van der Waals surface area (Å²) in [5, 5.41) is 3.97. The van der Waals surface area contributed by atoms with E-state index in [1.807, 2.05) is 30.3 Å². The number of hydrogen-bond acceptors (Lipinski definition) is 2. The molecule has 0 fully saturated rings. The zero-order valence-electron chi connectivity index (χ0n) is 10.6. The average Bonchev–Trinajstić information content (AvgIpc) is 2.31. The van der Waals surface area contributed by atoms with Crippen LogP contribution in [-0.4, -0.2) is 36.3 Å². The van der Waals surface area contributed by atoms with Gasteiger partial charge in [0.15, 0.2) is 5.11 Å². The number of para-hydroxylation sites is 1. The maximum absolute atomic E-state index is 5.41. The standard InChI is InChI=1S/C13H20N2OS/c1-4-15(11(2)10-16-3)13(17)14-12-8-6-5-7-9-12/h5-9,11H,4,10H2,1-3H3,(H,14,17). The van der Waals surface area contributed by atoms with Gasteiger partial charge in [0.1, 0.15) is 0 Å². The van der Waals surface area contributed by atoms with Gasteiger partial charge in [0.2, 0.25) is 0 Å². The summed E-state index contributed by atoms with van der Waals surface area (Å²) in [7, 11) is 1.71. The highest BCUT2D eigenvalue weighted by Crippen LogP contribution is 2.09. The lowest BCUT2D eigenvalue weighted by molar-refractivity contribution is 0.139. The maximum atomic E-state index is 5.41. The summed E-state index contributed by atoms with van der Waals surface area (Å²) in [5.74, 6) is 0. The molecule has 1 aromatic rings. The molecule has 0 saturated carbocycles. The van der Waals surface area contributed by atoms with Gasteiger partial charge in [0.25, 0.3) is 0 Å². The number of rotatable bonds is 5. The van der Waals surface area contributed by atoms with E-state index in [4.69, 9.17) is 17.0 Å². The molecule has 0 saturated heterocycles. The lowest BCUT2D eigenvalue weighted by Crippen LogP contribution is -2.43. The van der Waals surface area contributed by atoms with Crippen LogP contribution < -0.4 is 5.32 Å². The number of benzene rings is 1. The Morgan fingerprint density at radius 3 is 2.59 bits per heavy atom. The van der Waals surface area contributed by atoms with Crippen molar-refractivity contribution in [2.24, 2.45) is 0 Å². The fraction of sp³-hybridized carbons (Fsp3) is 0.462. The van der Waals surface area contributed by atoms with Crippen LogP contribution in [-0.2, 0) is 4.74 Å². The molecule has 1 aromatic carbocycles. The molecule has 3 nitrogen and oxygen atoms in total. The summed E-state index contributed by atoms with van der Waals surface area (Å²) in [6.07, 6.45) is 0. The van der Waals surface area contributed by atoms with E-state index in [1.165, 1.54) is 0 Å². The van der Waals surface area contributed by atoms with Crippen molar-refractivity contribution in [3.8, 4) is 0 Å². The van der Waals surface area contributed by atoms with E-state index in [2.05, 4.69) is 24.1 Å². The highest BCUT2D eigenvalue weighted by molar-refractivity contribution is 7.80. The first kappa shape index (κ1) is 13.9. The number of anilines is 1. The highest BCUT2D eigenvalue weighted by atomic mass is 32.1. The largest absolute Gasteiger partial charge is 0.383 e. The Hall–Kier alpha value is -1.13. The minimum absolute atomic E-state index is 0.272. The van der Waals surface area contributed by atoms with Crippen molar-refractivity contribution in [1.29, 1.82) is 0 Å². The summed E-state index contributed by atoms with van der Waals surface area (Å²) in [5.41, 5.74) is 1.01. The average molecular weight is 252 g/mol. The van der Waals surface area contributed by atoms with Crippen molar-refractivity contribution in [2.45, 2.75) is 19.9 Å². The van der Waals surface area contributed by atoms with Crippen LogP contribution >= 0.6 is 12.2 Å². The first-order valence-electron chi connectivity index (χ1n) is 5.80. The minimum Gasteiger partial charge on any atom is -0.383 e. The van der Waals surface area contributed by atoms with Gasteiger partial charge >= 0.3 is 0 Å². The van der Waals surface area contributed by atoms with E-state index >= 15 is 0 Å². The maximum Gasteiger partial charge on any atom is 0.173 e. The number of likely N-dealkylation sites (N-methyl/N-ethyl adjacent to an activating group) is 1. The first-order chi connectivity index (χ1) is 8.19. The van der Waals surface area contributed by atoms with Crippen LogP contribution in [0.3, 0.4) is 0 Å². The first-order valence-corrected chi connectivity index (χ1v) is 6.21. The van der Waals surface area contributed by atoms with Crippen molar-refractivity contribution >= 4 is 23.0 Å². The summed E-state index contributed by atoms with van der Waals surface area (Å²) < 4.78 is 5.16. The molecule has 0 amide bonds. The third-order valence-electron chi connectivity index (χ3n) is 2.57. The Bertz CT molecular complexity index is 343. The lowest BCUT2D eigenvalue weighted by Gasteiger charge is -2.30. The van der Waals surface area contributed by atoms with E-state index in [1.54, 1.807) is 7.11 Å². The van der Waals surface area contributed by atoms with Gasteiger partial charge in [-0.25, -0.2) is 0 Å². The zero-order chi connectivity index (χ0) is 12.7. The topological polar surface area (TPSA) is 24.5 Å². The van der Waals surface area contributed by atoms with Crippen LogP contribution in [0.4, 0.5) is 5.69 Å². The number of nitrogens with one attached hydrogen (secondary N) is 1. The highest BCUT2D eigenvalue weighted by Gasteiger charge is 2.14. The van der Waals surface area contributed by atoms with Gasteiger partial charge < -0.3 is 15.0 Å². The monoisotopic (exact) mass is 252 g/mol. The lowest BCUT2D eigenvalue weighted by atomic mass is 10.3. The normalized spacial score (nSPS) is 11.9. The second-order valence-electron chi connectivity index (χ2n) is 3.89. The molecule has 17 heavy (non-hydrogen) atoms. The molecule has 1 N–H and O–H groups in total. The van der Waals surface area contributed by atoms with Gasteiger partial charge in [0.05, 0.1) is 12.6 Å². The van der Waals surface area contributed by atoms with Gasteiger partial charge in [-0.3, -0.25) is 0 Å². The number of methoxy groups -OCH3 is 1. The van der Waals surface area contributed by atoms with Crippen molar-refractivity contribution in [2.75, 3.05) is 25.6 Å². The van der Waals surface area contributed by atoms with Crippen molar-refractivity contribution in [3.63, 3.8) is 0 Å². The van der Waals surface area contributed by atoms with Crippen LogP contribution in [0.2, 0.25) is 0 Å². The molecule has 0 bridgehead atoms. The predicted octanol–water partition coefficient (Wildman–Crippen LogP) is 2.74. The summed E-state index contributed by atoms with van der Waals surface area (Å²) >= 11 is 5.41. The smallest absolute Gasteiger partial charge is 0.173 e. The molecule has 0 radical (unpaired) electrons. The SMILES string of the molecule is CCN(C(=S)Nc1ccccc1)C(C)COC. The second-order valence-corrected chi connectivity index (χ2v) is 4.27. The number of thiocarbonyl (C=S) groups is 1. The number of ether oxygens (including phenoxy) is 1. The molecule has 0 spiro atoms. The second kappa shape index (κ2) is 7.25. The van der Waals surface area contributed by atoms with Crippen molar-refractivity contribution in [1.82, 2.24) is 4.90 Å². The third-order valence-corrected chi connectivity index (χ3v) is 2.90. The Labute approximate surface area is 109 Å². The van der Waals surface area contributed by atoms with E-state index < -0.39 is 0 Å². The van der Waals surface area contributed by atoms with Crippen molar-refractivity contribution in [3.05, 3.63) is 30.3 Å². The molecule has 1 atom stereocenters. The summed E-state index contributed by atoms with van der Waals surface area (Å²) in [6.45, 7) is 5.73. The number of hydrogen-bond donors (Lipinski definition) is 1. The fourth-order valence-corrected chi connectivity index (χ4v) is 2.13. The van der Waals surface area contributed by atoms with E-state index in [0.29, 0.717) is 6.61 Å². The molecule has 1 unspecified atom stereocenters. The van der Waals surface area contributed by atoms with Gasteiger partial charge in [-0.1, -0.05) is 18.2 Å². The Morgan fingerprint density at radius 1 is 1.41 bits per heavy atom. The van der Waals surface area contributed by atoms with Crippen LogP contribution in [0.5, 0.6) is 0 Å². The Balaban J connectivity index is 2.61. The molecule has 4 heteroatoms. The van der Waals surface area contributed by atoms with E-state index in [9.17, 15) is 0 Å². The molecule has 0 aliphatic rings. The Morgan fingerprint density at radius 2 is 2.06 bits per heavy atom. The van der Waals surface area contributed by atoms with Crippen LogP contribution in [0.25, 0.3) is 0 Å². The predicted molar refractivity (Wildman–Crippen MR) is 76.4 cm³/mol. The van der Waals surface area contributed by atoms with Crippen molar-refractivity contribution < 1.29 is 4.74 Å². The van der Waals surface area contributed by atoms with Gasteiger partial charge in [-0.05, 0) is 38.2 Å². The van der Waals surface area contributed by atoms with Crippen LogP contribution in [0, 0.1) is 0 Å². The third kappa shape index (κ3) is 4.32. The van der Waals surface area contributed by atoms with E-state index in [-0.39, 0.29) is 6.04 Å². The molecule has 1 rings (SSSR count). The van der Waals surface area contributed by atoms with Crippen LogP contribution in [0.15, 0.2) is 30.3 Å². The number of nitrogens with zero attached hydrogens (tertiary/aromatic N) is 1. The van der Waals surface area contributed by atoms with Gasteiger partial charge in [-0.2, -0.15) is 0 Å². The minimum atomic E-state index is 0.272. The Kier molecular flexibility index (Phi) is 5.94. The zero-order valence-corrected chi connectivity index (χ0v) is 11.5. The molecule has 0 aliphatic heterocycles. The molecular weight excluding hydrogens is 232 g/mol. The molecule has 94 valence electrons. The molecular formula is C13H20N2OS. The quantitative estimate of drug-likeness (QED) is 0.814. The fourth-order valence-electron chi connectivity index (χ4n) is 1.70.